The summed E-state index contributed by atoms with van der Waals surface area (Å²) < 4.78 is 14.7. The van der Waals surface area contributed by atoms with Crippen LogP contribution < -0.4 is 10.1 Å². The molecule has 0 amide bonds. The molecule has 2 atom stereocenters. The Balaban J connectivity index is 1.96. The monoisotopic (exact) mass is 336 g/mol. The van der Waals surface area contributed by atoms with Gasteiger partial charge in [0, 0.05) is 18.7 Å². The first-order chi connectivity index (χ1) is 11.6. The molecule has 132 valence electrons. The maximum atomic E-state index is 11.9. The number of aryl methyl sites for hydroxylation is 1. The van der Waals surface area contributed by atoms with Crippen molar-refractivity contribution in [3.63, 3.8) is 0 Å². The molecule has 1 aromatic rings. The number of piperidine rings is 1. The summed E-state index contributed by atoms with van der Waals surface area (Å²) in [6.07, 6.45) is 3.14. The highest BCUT2D eigenvalue weighted by molar-refractivity contribution is 5.90. The fourth-order valence-electron chi connectivity index (χ4n) is 2.92. The fraction of sp³-hybridized carbons (Fsp3) is 0.588. The fourth-order valence-corrected chi connectivity index (χ4v) is 2.92. The second-order valence-electron chi connectivity index (χ2n) is 5.78. The number of rotatable bonds is 6. The highest BCUT2D eigenvalue weighted by atomic mass is 16.5. The minimum atomic E-state index is -0.400. The molecule has 7 nitrogen and oxygen atoms in total. The van der Waals surface area contributed by atoms with Crippen molar-refractivity contribution in [3.8, 4) is 5.88 Å². The molecule has 24 heavy (non-hydrogen) atoms. The minimum absolute atomic E-state index is 0.0770. The van der Waals surface area contributed by atoms with Gasteiger partial charge in [-0.15, -0.1) is 0 Å². The molecule has 0 radical (unpaired) electrons. The van der Waals surface area contributed by atoms with Crippen LogP contribution in [-0.4, -0.2) is 50.8 Å². The Morgan fingerprint density at radius 2 is 2.00 bits per heavy atom. The summed E-state index contributed by atoms with van der Waals surface area (Å²) in [6.45, 7) is 0.618. The van der Waals surface area contributed by atoms with Crippen molar-refractivity contribution in [3.05, 3.63) is 23.4 Å². The Bertz CT molecular complexity index is 582. The smallest absolute Gasteiger partial charge is 0.339 e. The van der Waals surface area contributed by atoms with Crippen LogP contribution in [-0.2, 0) is 20.7 Å². The Kier molecular flexibility index (Phi) is 6.54. The first-order valence-electron chi connectivity index (χ1n) is 8.02. The quantitative estimate of drug-likeness (QED) is 0.785. The Morgan fingerprint density at radius 1 is 1.21 bits per heavy atom. The zero-order valence-corrected chi connectivity index (χ0v) is 14.3. The van der Waals surface area contributed by atoms with Gasteiger partial charge < -0.3 is 19.5 Å². The number of esters is 2. The molecule has 1 aliphatic heterocycles. The van der Waals surface area contributed by atoms with Crippen molar-refractivity contribution in [2.45, 2.75) is 31.7 Å². The van der Waals surface area contributed by atoms with Crippen LogP contribution in [0, 0.1) is 5.92 Å². The molecule has 1 aliphatic rings. The van der Waals surface area contributed by atoms with Crippen LogP contribution in [0.15, 0.2) is 12.1 Å². The Labute approximate surface area is 141 Å². The van der Waals surface area contributed by atoms with Crippen LogP contribution in [0.25, 0.3) is 0 Å². The zero-order chi connectivity index (χ0) is 17.5. The van der Waals surface area contributed by atoms with E-state index in [1.807, 2.05) is 0 Å². The molecule has 1 fully saturated rings. The molecule has 1 N–H and O–H groups in total. The van der Waals surface area contributed by atoms with E-state index in [1.54, 1.807) is 19.2 Å². The van der Waals surface area contributed by atoms with E-state index in [1.165, 1.54) is 14.2 Å². The number of ether oxygens (including phenoxy) is 3. The predicted molar refractivity (Wildman–Crippen MR) is 87.0 cm³/mol. The number of nitrogens with one attached hydrogen (secondary N) is 1. The Hall–Kier alpha value is -2.15. The molecule has 0 aliphatic carbocycles. The summed E-state index contributed by atoms with van der Waals surface area (Å²) in [5.74, 6) is -0.169. The lowest BCUT2D eigenvalue weighted by molar-refractivity contribution is -0.146. The van der Waals surface area contributed by atoms with Crippen LogP contribution in [0.4, 0.5) is 0 Å². The number of pyridine rings is 1. The first kappa shape index (κ1) is 18.2. The average Bonchev–Trinajstić information content (AvgIpc) is 2.65. The lowest BCUT2D eigenvalue weighted by Gasteiger charge is -2.28. The van der Waals surface area contributed by atoms with E-state index in [-0.39, 0.29) is 17.9 Å². The van der Waals surface area contributed by atoms with E-state index in [4.69, 9.17) is 14.2 Å². The van der Waals surface area contributed by atoms with Gasteiger partial charge in [-0.2, -0.15) is 0 Å². The van der Waals surface area contributed by atoms with Crippen LogP contribution in [0.1, 0.15) is 35.3 Å². The summed E-state index contributed by atoms with van der Waals surface area (Å²) in [6, 6.07) is 3.61. The molecular weight excluding hydrogens is 312 g/mol. The summed E-state index contributed by atoms with van der Waals surface area (Å²) in [5.41, 5.74) is 1.12. The maximum Gasteiger partial charge on any atom is 0.339 e. The van der Waals surface area contributed by atoms with Crippen LogP contribution in [0.5, 0.6) is 5.88 Å². The number of methoxy groups -OCH3 is 3. The predicted octanol–water partition coefficient (Wildman–Crippen LogP) is 1.35. The largest absolute Gasteiger partial charge is 0.481 e. The van der Waals surface area contributed by atoms with E-state index in [2.05, 4.69) is 10.3 Å². The van der Waals surface area contributed by atoms with Crippen molar-refractivity contribution in [2.24, 2.45) is 5.92 Å². The van der Waals surface area contributed by atoms with E-state index >= 15 is 0 Å². The van der Waals surface area contributed by atoms with Gasteiger partial charge in [-0.25, -0.2) is 9.78 Å². The minimum Gasteiger partial charge on any atom is -0.481 e. The molecule has 0 unspecified atom stereocenters. The number of hydrogen-bond acceptors (Lipinski definition) is 7. The molecule has 7 heteroatoms. The third-order valence-electron chi connectivity index (χ3n) is 4.34. The lowest BCUT2D eigenvalue weighted by atomic mass is 9.92. The van der Waals surface area contributed by atoms with Crippen LogP contribution in [0.2, 0.25) is 0 Å². The van der Waals surface area contributed by atoms with Gasteiger partial charge in [0.1, 0.15) is 0 Å². The van der Waals surface area contributed by atoms with Gasteiger partial charge in [0.2, 0.25) is 5.88 Å². The van der Waals surface area contributed by atoms with Gasteiger partial charge >= 0.3 is 11.9 Å². The van der Waals surface area contributed by atoms with Crippen molar-refractivity contribution < 1.29 is 23.8 Å². The van der Waals surface area contributed by atoms with Crippen LogP contribution >= 0.6 is 0 Å². The van der Waals surface area contributed by atoms with Gasteiger partial charge in [0.25, 0.3) is 0 Å². The molecule has 0 spiro atoms. The number of hydrogen-bond donors (Lipinski definition) is 1. The van der Waals surface area contributed by atoms with E-state index < -0.39 is 5.97 Å². The number of aromatic nitrogens is 1. The van der Waals surface area contributed by atoms with Crippen molar-refractivity contribution >= 4 is 11.9 Å². The first-order valence-corrected chi connectivity index (χ1v) is 8.02. The molecule has 2 heterocycles. The third-order valence-corrected chi connectivity index (χ3v) is 4.34. The Morgan fingerprint density at radius 3 is 2.58 bits per heavy atom. The van der Waals surface area contributed by atoms with Crippen molar-refractivity contribution in [2.75, 3.05) is 27.9 Å². The molecular formula is C17H24N2O5. The zero-order valence-electron chi connectivity index (χ0n) is 14.3. The van der Waals surface area contributed by atoms with Gasteiger partial charge in [-0.05, 0) is 31.7 Å². The highest BCUT2D eigenvalue weighted by Crippen LogP contribution is 2.21. The highest BCUT2D eigenvalue weighted by Gasteiger charge is 2.26. The summed E-state index contributed by atoms with van der Waals surface area (Å²) in [5, 5.41) is 3.37. The lowest BCUT2D eigenvalue weighted by Crippen LogP contribution is -2.42. The normalized spacial score (nSPS) is 20.3. The molecule has 1 saturated heterocycles. The van der Waals surface area contributed by atoms with Gasteiger partial charge in [-0.3, -0.25) is 4.79 Å². The number of carbonyl (C=O) groups excluding carboxylic acids is 2. The van der Waals surface area contributed by atoms with Crippen molar-refractivity contribution in [1.29, 1.82) is 0 Å². The maximum absolute atomic E-state index is 11.9. The average molecular weight is 336 g/mol. The second kappa shape index (κ2) is 8.63. The van der Waals surface area contributed by atoms with Gasteiger partial charge in [0.15, 0.2) is 0 Å². The van der Waals surface area contributed by atoms with Gasteiger partial charge in [-0.1, -0.05) is 0 Å². The van der Waals surface area contributed by atoms with Gasteiger partial charge in [0.05, 0.1) is 38.5 Å². The third kappa shape index (κ3) is 4.44. The molecule has 0 bridgehead atoms. The summed E-state index contributed by atoms with van der Waals surface area (Å²) in [7, 11) is 4.31. The number of nitrogens with zero attached hydrogens (tertiary/aromatic N) is 1. The van der Waals surface area contributed by atoms with E-state index in [0.717, 1.165) is 19.3 Å². The van der Waals surface area contributed by atoms with Crippen LogP contribution in [0.3, 0.4) is 0 Å². The van der Waals surface area contributed by atoms with E-state index in [9.17, 15) is 9.59 Å². The SMILES string of the molecule is COC(=O)c1ccc(OC)nc1CC[C@H]1CC[C@H](C(=O)OC)CN1. The topological polar surface area (TPSA) is 86.8 Å². The summed E-state index contributed by atoms with van der Waals surface area (Å²) in [4.78, 5) is 27.8. The molecule has 0 saturated carbocycles. The standard InChI is InChI=1S/C17H24N2O5/c1-22-15-9-7-13(17(21)24-3)14(19-15)8-6-12-5-4-11(10-18-12)16(20)23-2/h7,9,11-12,18H,4-6,8,10H2,1-3H3/t11-,12+/m0/s1. The molecule has 2 rings (SSSR count). The van der Waals surface area contributed by atoms with E-state index in [0.29, 0.717) is 30.1 Å². The number of carbonyl (C=O) groups is 2. The molecule has 0 aromatic carbocycles. The second-order valence-corrected chi connectivity index (χ2v) is 5.78. The molecule has 1 aromatic heterocycles. The van der Waals surface area contributed by atoms with Crippen molar-refractivity contribution in [1.82, 2.24) is 10.3 Å². The summed E-state index contributed by atoms with van der Waals surface area (Å²) >= 11 is 0.